The first-order chi connectivity index (χ1) is 13.2. The van der Waals surface area contributed by atoms with Crippen LogP contribution in [0.4, 0.5) is 5.69 Å². The van der Waals surface area contributed by atoms with E-state index in [-0.39, 0.29) is 29.4 Å². The lowest BCUT2D eigenvalue weighted by Crippen LogP contribution is -3.00. The second-order valence-corrected chi connectivity index (χ2v) is 9.04. The Balaban J connectivity index is 0.00000192. The van der Waals surface area contributed by atoms with Crippen molar-refractivity contribution in [3.8, 4) is 0 Å². The summed E-state index contributed by atoms with van der Waals surface area (Å²) in [5, 5.41) is 3.72. The molecular weight excluding hydrogens is 459 g/mol. The standard InChI is InChI=1S/C24H30N2O.HI/c1-3-5-8-12-26-13-11-24-20-9-6-7-10-21(20)25-23(24)19(16-27)18(14-22(24)26)17(4-2)15-26;/h4,6-7,9-10,16,18,22H,3,5,8,11-15H2,1-2H3;1H/t18-,22-,24+,26?;/m0./s1. The summed E-state index contributed by atoms with van der Waals surface area (Å²) in [6.07, 6.45) is 9.70. The number of hydrogen-bond acceptors (Lipinski definition) is 2. The van der Waals surface area contributed by atoms with Gasteiger partial charge in [-0.05, 0) is 37.0 Å². The molecule has 2 bridgehead atoms. The van der Waals surface area contributed by atoms with E-state index in [1.807, 2.05) is 0 Å². The highest BCUT2D eigenvalue weighted by Crippen LogP contribution is 2.63. The Labute approximate surface area is 185 Å². The number of nitrogens with one attached hydrogen (secondary N) is 1. The van der Waals surface area contributed by atoms with E-state index < -0.39 is 0 Å². The molecule has 1 N–H and O–H groups in total. The van der Waals surface area contributed by atoms with E-state index in [1.54, 1.807) is 0 Å². The Bertz CT molecular complexity index is 860. The maximum atomic E-state index is 12.2. The Morgan fingerprint density at radius 3 is 2.86 bits per heavy atom. The molecule has 0 radical (unpaired) electrons. The Hall–Kier alpha value is -1.14. The number of allylic oxidation sites excluding steroid dienone is 2. The van der Waals surface area contributed by atoms with E-state index in [4.69, 9.17) is 0 Å². The van der Waals surface area contributed by atoms with Crippen LogP contribution in [-0.4, -0.2) is 36.4 Å². The fraction of sp³-hybridized carbons (Fsp3) is 0.542. The van der Waals surface area contributed by atoms with E-state index in [9.17, 15) is 4.79 Å². The van der Waals surface area contributed by atoms with Gasteiger partial charge in [0.25, 0.3) is 0 Å². The lowest BCUT2D eigenvalue weighted by molar-refractivity contribution is -0.941. The molecule has 1 aliphatic carbocycles. The monoisotopic (exact) mass is 490 g/mol. The number of rotatable bonds is 5. The summed E-state index contributed by atoms with van der Waals surface area (Å²) < 4.78 is 1.24. The minimum absolute atomic E-state index is 0. The molecule has 3 aliphatic heterocycles. The largest absolute Gasteiger partial charge is 1.00 e. The number of hydrogen-bond donors (Lipinski definition) is 1. The molecule has 0 amide bonds. The molecule has 4 heteroatoms. The highest BCUT2D eigenvalue weighted by atomic mass is 127. The summed E-state index contributed by atoms with van der Waals surface area (Å²) in [5.41, 5.74) is 6.48. The van der Waals surface area contributed by atoms with Crippen LogP contribution < -0.4 is 29.3 Å². The molecular formula is C24H31IN2O. The van der Waals surface area contributed by atoms with Crippen molar-refractivity contribution in [3.05, 3.63) is 52.7 Å². The number of nitrogens with zero attached hydrogens (tertiary/aromatic N) is 1. The summed E-state index contributed by atoms with van der Waals surface area (Å²) in [4.78, 5) is 12.2. The van der Waals surface area contributed by atoms with Crippen LogP contribution in [0.2, 0.25) is 0 Å². The highest BCUT2D eigenvalue weighted by molar-refractivity contribution is 5.84. The maximum Gasteiger partial charge on any atom is 0.148 e. The van der Waals surface area contributed by atoms with Crippen LogP contribution >= 0.6 is 0 Å². The first kappa shape index (κ1) is 20.1. The van der Waals surface area contributed by atoms with Gasteiger partial charge in [-0.2, -0.15) is 0 Å². The topological polar surface area (TPSA) is 29.1 Å². The van der Waals surface area contributed by atoms with Crippen LogP contribution in [0.1, 0.15) is 51.5 Å². The molecule has 1 spiro atoms. The number of para-hydroxylation sites is 1. The minimum atomic E-state index is 0. The number of carbonyl (C=O) groups excluding carboxylic acids is 1. The van der Waals surface area contributed by atoms with Crippen LogP contribution in [0.25, 0.3) is 0 Å². The number of piperidine rings is 1. The predicted octanol–water partition coefficient (Wildman–Crippen LogP) is 1.57. The molecule has 2 saturated heterocycles. The lowest BCUT2D eigenvalue weighted by Gasteiger charge is -2.53. The summed E-state index contributed by atoms with van der Waals surface area (Å²) in [5.74, 6) is 0.318. The van der Waals surface area contributed by atoms with E-state index in [1.165, 1.54) is 65.8 Å². The summed E-state index contributed by atoms with van der Waals surface area (Å²) in [7, 11) is 0. The van der Waals surface area contributed by atoms with Crippen molar-refractivity contribution in [1.82, 2.24) is 0 Å². The van der Waals surface area contributed by atoms with Crippen molar-refractivity contribution in [3.63, 3.8) is 0 Å². The molecule has 4 aliphatic rings. The predicted molar refractivity (Wildman–Crippen MR) is 109 cm³/mol. The molecule has 3 nitrogen and oxygen atoms in total. The van der Waals surface area contributed by atoms with Gasteiger partial charge in [0, 0.05) is 35.7 Å². The van der Waals surface area contributed by atoms with Crippen LogP contribution in [0.3, 0.4) is 0 Å². The first-order valence-electron chi connectivity index (χ1n) is 10.8. The summed E-state index contributed by atoms with van der Waals surface area (Å²) >= 11 is 0. The fourth-order valence-corrected chi connectivity index (χ4v) is 6.91. The van der Waals surface area contributed by atoms with Crippen molar-refractivity contribution < 1.29 is 33.3 Å². The number of aldehydes is 1. The van der Waals surface area contributed by atoms with Crippen molar-refractivity contribution in [2.24, 2.45) is 5.92 Å². The second kappa shape index (κ2) is 7.28. The lowest BCUT2D eigenvalue weighted by atomic mass is 9.61. The van der Waals surface area contributed by atoms with E-state index in [2.05, 4.69) is 49.5 Å². The molecule has 2 fully saturated rings. The van der Waals surface area contributed by atoms with Crippen molar-refractivity contribution >= 4 is 12.0 Å². The molecule has 3 heterocycles. The van der Waals surface area contributed by atoms with Crippen LogP contribution in [0.5, 0.6) is 0 Å². The molecule has 4 atom stereocenters. The van der Waals surface area contributed by atoms with Gasteiger partial charge in [-0.15, -0.1) is 0 Å². The average Bonchev–Trinajstić information content (AvgIpc) is 3.22. The van der Waals surface area contributed by atoms with Crippen molar-refractivity contribution in [2.75, 3.05) is 25.0 Å². The third-order valence-electron chi connectivity index (χ3n) is 8.07. The molecule has 0 aromatic heterocycles. The van der Waals surface area contributed by atoms with Gasteiger partial charge in [-0.25, -0.2) is 0 Å². The molecule has 1 aromatic carbocycles. The number of anilines is 1. The zero-order chi connectivity index (χ0) is 18.6. The van der Waals surface area contributed by atoms with Gasteiger partial charge in [-0.1, -0.05) is 37.6 Å². The van der Waals surface area contributed by atoms with Gasteiger partial charge in [0.2, 0.25) is 0 Å². The minimum Gasteiger partial charge on any atom is -1.00 e. The third kappa shape index (κ3) is 2.46. The zero-order valence-electron chi connectivity index (χ0n) is 17.0. The second-order valence-electron chi connectivity index (χ2n) is 9.04. The van der Waals surface area contributed by atoms with Crippen LogP contribution in [0, 0.1) is 5.92 Å². The van der Waals surface area contributed by atoms with Gasteiger partial charge in [0.1, 0.15) is 18.9 Å². The van der Waals surface area contributed by atoms with Crippen molar-refractivity contribution in [2.45, 2.75) is 57.4 Å². The maximum absolute atomic E-state index is 12.2. The number of carbonyl (C=O) groups is 1. The quantitative estimate of drug-likeness (QED) is 0.223. The molecule has 150 valence electrons. The SMILES string of the molecule is CC=C1C[N+]2(CCCCC)CC[C@]34C(=C(C=O)[C@H]1C[C@@H]32)Nc1ccccc14.[I-]. The normalized spacial score (nSPS) is 35.9. The zero-order valence-corrected chi connectivity index (χ0v) is 19.2. The molecule has 1 unspecified atom stereocenters. The van der Waals surface area contributed by atoms with Gasteiger partial charge >= 0.3 is 0 Å². The number of halogens is 1. The van der Waals surface area contributed by atoms with E-state index >= 15 is 0 Å². The molecule has 1 aromatic rings. The van der Waals surface area contributed by atoms with Crippen molar-refractivity contribution in [1.29, 1.82) is 0 Å². The molecule has 0 saturated carbocycles. The summed E-state index contributed by atoms with van der Waals surface area (Å²) in [6.45, 7) is 8.13. The number of fused-ring (bicyclic) bond motifs is 2. The van der Waals surface area contributed by atoms with Gasteiger partial charge in [-0.3, -0.25) is 4.79 Å². The Morgan fingerprint density at radius 1 is 1.29 bits per heavy atom. The fourth-order valence-electron chi connectivity index (χ4n) is 6.91. The van der Waals surface area contributed by atoms with Gasteiger partial charge in [0.15, 0.2) is 0 Å². The Kier molecular flexibility index (Phi) is 5.24. The highest BCUT2D eigenvalue weighted by Gasteiger charge is 2.68. The van der Waals surface area contributed by atoms with E-state index in [0.29, 0.717) is 12.0 Å². The number of unbranched alkanes of at least 4 members (excludes halogenated alkanes) is 2. The molecule has 28 heavy (non-hydrogen) atoms. The third-order valence-corrected chi connectivity index (χ3v) is 8.07. The van der Waals surface area contributed by atoms with Crippen LogP contribution in [-0.2, 0) is 10.2 Å². The van der Waals surface area contributed by atoms with Gasteiger partial charge in [0.05, 0.1) is 18.5 Å². The molecule has 5 rings (SSSR count). The average molecular weight is 490 g/mol. The van der Waals surface area contributed by atoms with E-state index in [0.717, 1.165) is 24.8 Å². The van der Waals surface area contributed by atoms with Gasteiger partial charge < -0.3 is 33.8 Å². The van der Waals surface area contributed by atoms with Crippen LogP contribution in [0.15, 0.2) is 47.2 Å². The number of quaternary nitrogens is 1. The number of benzene rings is 1. The smallest absolute Gasteiger partial charge is 0.148 e. The summed E-state index contributed by atoms with van der Waals surface area (Å²) in [6, 6.07) is 9.41. The first-order valence-corrected chi connectivity index (χ1v) is 10.8. The Morgan fingerprint density at radius 2 is 2.11 bits per heavy atom.